The molecule has 2 aliphatic heterocycles. The van der Waals surface area contributed by atoms with Crippen molar-refractivity contribution in [1.29, 1.82) is 0 Å². The molecule has 0 aromatic heterocycles. The van der Waals surface area contributed by atoms with Crippen molar-refractivity contribution in [3.8, 4) is 0 Å². The Balaban J connectivity index is 1.33. The number of nitrogens with one attached hydrogen (secondary N) is 2. The highest BCUT2D eigenvalue weighted by Gasteiger charge is 2.53. The van der Waals surface area contributed by atoms with Gasteiger partial charge in [-0.1, -0.05) is 30.3 Å². The summed E-state index contributed by atoms with van der Waals surface area (Å²) in [7, 11) is 0. The van der Waals surface area contributed by atoms with Crippen LogP contribution in [0.4, 0.5) is 9.59 Å². The summed E-state index contributed by atoms with van der Waals surface area (Å²) in [4.78, 5) is 49.2. The molecule has 154 valence electrons. The zero-order chi connectivity index (χ0) is 20.5. The third kappa shape index (κ3) is 3.76. The minimum Gasteiger partial charge on any atom is -0.465 e. The zero-order valence-corrected chi connectivity index (χ0v) is 15.7. The molecule has 5 atom stereocenters. The molecule has 1 aromatic carbocycles. The van der Waals surface area contributed by atoms with Gasteiger partial charge < -0.3 is 20.5 Å². The topological polar surface area (TPSA) is 125 Å². The van der Waals surface area contributed by atoms with Crippen LogP contribution in [0, 0.1) is 11.8 Å². The van der Waals surface area contributed by atoms with Gasteiger partial charge in [-0.25, -0.2) is 14.5 Å². The lowest BCUT2D eigenvalue weighted by Gasteiger charge is -2.31. The molecule has 9 nitrogen and oxygen atoms in total. The van der Waals surface area contributed by atoms with Gasteiger partial charge in [0.2, 0.25) is 11.8 Å². The van der Waals surface area contributed by atoms with Crippen LogP contribution in [0.1, 0.15) is 31.2 Å². The number of carbonyl (C=O) groups is 4. The molecule has 3 fully saturated rings. The van der Waals surface area contributed by atoms with E-state index in [0.717, 1.165) is 10.5 Å². The van der Waals surface area contributed by atoms with Crippen molar-refractivity contribution in [2.75, 3.05) is 0 Å². The molecule has 1 aliphatic carbocycles. The van der Waals surface area contributed by atoms with Gasteiger partial charge in [0.25, 0.3) is 0 Å². The van der Waals surface area contributed by atoms with E-state index in [1.165, 1.54) is 0 Å². The first kappa shape index (κ1) is 19.2. The normalized spacial score (nSPS) is 30.8. The molecule has 4 rings (SSSR count). The molecular formula is C20H23N3O6. The van der Waals surface area contributed by atoms with E-state index in [4.69, 9.17) is 4.74 Å². The van der Waals surface area contributed by atoms with Gasteiger partial charge in [0.05, 0.1) is 0 Å². The first-order valence-corrected chi connectivity index (χ1v) is 9.77. The number of rotatable bonds is 4. The second-order valence-corrected chi connectivity index (χ2v) is 7.84. The van der Waals surface area contributed by atoms with E-state index in [2.05, 4.69) is 10.6 Å². The molecule has 0 spiro atoms. The second-order valence-electron chi connectivity index (χ2n) is 7.84. The van der Waals surface area contributed by atoms with Crippen LogP contribution in [0.2, 0.25) is 0 Å². The van der Waals surface area contributed by atoms with E-state index in [0.29, 0.717) is 25.7 Å². The maximum absolute atomic E-state index is 12.5. The summed E-state index contributed by atoms with van der Waals surface area (Å²) in [5.41, 5.74) is 0.843. The number of carboxylic acid groups (broad SMARTS) is 1. The summed E-state index contributed by atoms with van der Waals surface area (Å²) >= 11 is 0. The molecule has 2 saturated heterocycles. The highest BCUT2D eigenvalue weighted by molar-refractivity contribution is 5.95. The molecule has 2 bridgehead atoms. The summed E-state index contributed by atoms with van der Waals surface area (Å²) in [5, 5.41) is 14.7. The van der Waals surface area contributed by atoms with E-state index in [1.807, 2.05) is 30.3 Å². The number of imide groups is 1. The van der Waals surface area contributed by atoms with E-state index >= 15 is 0 Å². The standard InChI is InChI=1S/C20H23N3O6/c24-17-16(22-19(26)29-10-11-4-2-1-3-5-11)9-15(21-17)13-7-6-12-8-14(13)18(25)23(12)20(27)28/h1-5,12-16H,6-10H2,(H,21,24)(H,22,26)(H,27,28). The van der Waals surface area contributed by atoms with Crippen molar-refractivity contribution in [1.82, 2.24) is 15.5 Å². The Labute approximate surface area is 167 Å². The van der Waals surface area contributed by atoms with Crippen molar-refractivity contribution in [2.24, 2.45) is 11.8 Å². The molecule has 3 aliphatic rings. The monoisotopic (exact) mass is 401 g/mol. The molecule has 29 heavy (non-hydrogen) atoms. The van der Waals surface area contributed by atoms with Crippen LogP contribution in [-0.2, 0) is 20.9 Å². The molecule has 3 N–H and O–H groups in total. The molecule has 5 unspecified atom stereocenters. The number of alkyl carbamates (subject to hydrolysis) is 1. The van der Waals surface area contributed by atoms with Crippen molar-refractivity contribution >= 4 is 24.0 Å². The van der Waals surface area contributed by atoms with Crippen molar-refractivity contribution in [3.63, 3.8) is 0 Å². The van der Waals surface area contributed by atoms with Crippen molar-refractivity contribution < 1.29 is 29.0 Å². The maximum atomic E-state index is 12.5. The van der Waals surface area contributed by atoms with Crippen LogP contribution in [0.25, 0.3) is 0 Å². The van der Waals surface area contributed by atoms with E-state index in [1.54, 1.807) is 0 Å². The third-order valence-electron chi connectivity index (χ3n) is 6.16. The van der Waals surface area contributed by atoms with Crippen LogP contribution < -0.4 is 10.6 Å². The molecule has 9 heteroatoms. The lowest BCUT2D eigenvalue weighted by atomic mass is 9.75. The average molecular weight is 401 g/mol. The Kier molecular flexibility index (Phi) is 5.12. The predicted molar refractivity (Wildman–Crippen MR) is 99.6 cm³/mol. The fourth-order valence-corrected chi connectivity index (χ4v) is 4.80. The number of ether oxygens (including phenoxy) is 1. The minimum absolute atomic E-state index is 0.107. The Hall–Kier alpha value is -3.10. The Morgan fingerprint density at radius 3 is 2.66 bits per heavy atom. The number of nitrogens with zero attached hydrogens (tertiary/aromatic N) is 1. The first-order valence-electron chi connectivity index (χ1n) is 9.77. The Morgan fingerprint density at radius 2 is 1.93 bits per heavy atom. The van der Waals surface area contributed by atoms with Crippen LogP contribution in [-0.4, -0.2) is 52.1 Å². The van der Waals surface area contributed by atoms with Gasteiger partial charge in [-0.05, 0) is 37.2 Å². The number of fused-ring (bicyclic) bond motifs is 2. The van der Waals surface area contributed by atoms with Crippen molar-refractivity contribution in [3.05, 3.63) is 35.9 Å². The fourth-order valence-electron chi connectivity index (χ4n) is 4.80. The Bertz CT molecular complexity index is 829. The van der Waals surface area contributed by atoms with Crippen LogP contribution >= 0.6 is 0 Å². The highest BCUT2D eigenvalue weighted by Crippen LogP contribution is 2.43. The number of hydrogen-bond donors (Lipinski definition) is 3. The number of likely N-dealkylation sites (tertiary alicyclic amines) is 1. The summed E-state index contributed by atoms with van der Waals surface area (Å²) < 4.78 is 5.17. The smallest absolute Gasteiger partial charge is 0.414 e. The number of hydrogen-bond acceptors (Lipinski definition) is 5. The lowest BCUT2D eigenvalue weighted by molar-refractivity contribution is -0.131. The largest absolute Gasteiger partial charge is 0.465 e. The van der Waals surface area contributed by atoms with Crippen LogP contribution in [0.15, 0.2) is 30.3 Å². The SMILES string of the molecule is O=C(NC1CC(C2CCC3CC2C(=O)N3C(=O)O)NC1=O)OCc1ccccc1. The zero-order valence-electron chi connectivity index (χ0n) is 15.7. The number of carbonyl (C=O) groups excluding carboxylic acids is 3. The maximum Gasteiger partial charge on any atom is 0.414 e. The predicted octanol–water partition coefficient (Wildman–Crippen LogP) is 1.48. The Morgan fingerprint density at radius 1 is 1.17 bits per heavy atom. The van der Waals surface area contributed by atoms with Crippen LogP contribution in [0.5, 0.6) is 0 Å². The molecule has 2 heterocycles. The van der Waals surface area contributed by atoms with Gasteiger partial charge in [-0.15, -0.1) is 0 Å². The van der Waals surface area contributed by atoms with Gasteiger partial charge >= 0.3 is 12.2 Å². The molecule has 1 saturated carbocycles. The quantitative estimate of drug-likeness (QED) is 0.702. The summed E-state index contributed by atoms with van der Waals surface area (Å²) in [6.45, 7) is 0.107. The van der Waals surface area contributed by atoms with Crippen LogP contribution in [0.3, 0.4) is 0 Å². The molecule has 4 amide bonds. The number of amides is 4. The lowest BCUT2D eigenvalue weighted by Crippen LogP contribution is -2.41. The first-order chi connectivity index (χ1) is 13.9. The summed E-state index contributed by atoms with van der Waals surface area (Å²) in [5.74, 6) is -1.22. The van der Waals surface area contributed by atoms with E-state index in [-0.39, 0.29) is 36.4 Å². The second kappa shape index (κ2) is 7.73. The van der Waals surface area contributed by atoms with E-state index < -0.39 is 24.1 Å². The molecule has 1 aromatic rings. The van der Waals surface area contributed by atoms with Gasteiger partial charge in [-0.2, -0.15) is 0 Å². The summed E-state index contributed by atoms with van der Waals surface area (Å²) in [6.07, 6.45) is 0.237. The van der Waals surface area contributed by atoms with Gasteiger partial charge in [0.15, 0.2) is 0 Å². The molecular weight excluding hydrogens is 378 g/mol. The minimum atomic E-state index is -1.21. The summed E-state index contributed by atoms with van der Waals surface area (Å²) in [6, 6.07) is 7.96. The van der Waals surface area contributed by atoms with Gasteiger partial charge in [0, 0.05) is 18.0 Å². The van der Waals surface area contributed by atoms with Crippen molar-refractivity contribution in [2.45, 2.75) is 50.4 Å². The van der Waals surface area contributed by atoms with Gasteiger partial charge in [-0.3, -0.25) is 9.59 Å². The highest BCUT2D eigenvalue weighted by atomic mass is 16.5. The van der Waals surface area contributed by atoms with E-state index in [9.17, 15) is 24.3 Å². The van der Waals surface area contributed by atoms with Gasteiger partial charge in [0.1, 0.15) is 12.6 Å². The average Bonchev–Trinajstić information content (AvgIpc) is 3.18. The third-order valence-corrected chi connectivity index (χ3v) is 6.16. The molecule has 0 radical (unpaired) electrons. The fraction of sp³-hybridized carbons (Fsp3) is 0.500. The number of benzene rings is 1.